The summed E-state index contributed by atoms with van der Waals surface area (Å²) in [5.41, 5.74) is 0.252. The quantitative estimate of drug-likeness (QED) is 0.354. The van der Waals surface area contributed by atoms with E-state index in [1.54, 1.807) is 25.1 Å². The second-order valence-electron chi connectivity index (χ2n) is 5.29. The number of hydrogen-bond acceptors (Lipinski definition) is 6. The summed E-state index contributed by atoms with van der Waals surface area (Å²) in [6.45, 7) is 1.77. The summed E-state index contributed by atoms with van der Waals surface area (Å²) in [5.74, 6) is -0.762. The van der Waals surface area contributed by atoms with Gasteiger partial charge in [-0.2, -0.15) is 0 Å². The highest BCUT2D eigenvalue weighted by atomic mass is 32.1. The zero-order chi connectivity index (χ0) is 18.7. The molecule has 6 nitrogen and oxygen atoms in total. The number of esters is 1. The van der Waals surface area contributed by atoms with E-state index in [1.165, 1.54) is 24.3 Å². The topological polar surface area (TPSA) is 78.7 Å². The summed E-state index contributed by atoms with van der Waals surface area (Å²) in [7, 11) is 0. The number of nitrogens with zero attached hydrogens (tertiary/aromatic N) is 1. The monoisotopic (exact) mass is 375 g/mol. The van der Waals surface area contributed by atoms with Crippen LogP contribution in [0.4, 0.5) is 10.1 Å². The van der Waals surface area contributed by atoms with E-state index in [9.17, 15) is 19.3 Å². The summed E-state index contributed by atoms with van der Waals surface area (Å²) in [6.07, 6.45) is 0. The van der Waals surface area contributed by atoms with Gasteiger partial charge in [-0.05, 0) is 25.1 Å². The molecule has 0 aliphatic heterocycles. The molecule has 0 unspecified atom stereocenters. The number of ether oxygens (including phenoxy) is 2. The van der Waals surface area contributed by atoms with Crippen LogP contribution in [-0.4, -0.2) is 17.5 Å². The molecule has 2 aromatic carbocycles. The Hall–Kier alpha value is -3.00. The van der Waals surface area contributed by atoms with Crippen LogP contribution in [-0.2, 0) is 11.3 Å². The SMILES string of the molecule is CCOC(=O)c1sc2cccc(F)c2c1COc1cccc([N+](=O)[O-])c1. The molecule has 0 fully saturated rings. The van der Waals surface area contributed by atoms with Gasteiger partial charge in [0, 0.05) is 21.7 Å². The molecule has 1 heterocycles. The fourth-order valence-corrected chi connectivity index (χ4v) is 3.62. The molecule has 0 aliphatic rings. The maximum absolute atomic E-state index is 14.3. The van der Waals surface area contributed by atoms with Gasteiger partial charge in [0.05, 0.1) is 17.6 Å². The number of halogens is 1. The number of thiophene rings is 1. The Bertz CT molecular complexity index is 985. The number of fused-ring (bicyclic) bond motifs is 1. The maximum Gasteiger partial charge on any atom is 0.348 e. The Morgan fingerprint density at radius 1 is 1.27 bits per heavy atom. The van der Waals surface area contributed by atoms with Gasteiger partial charge in [0.15, 0.2) is 0 Å². The molecule has 0 aliphatic carbocycles. The Morgan fingerprint density at radius 2 is 2.04 bits per heavy atom. The molecule has 1 aromatic heterocycles. The van der Waals surface area contributed by atoms with Crippen LogP contribution in [0.25, 0.3) is 10.1 Å². The third-order valence-electron chi connectivity index (χ3n) is 3.64. The summed E-state index contributed by atoms with van der Waals surface area (Å²) < 4.78 is 25.6. The van der Waals surface area contributed by atoms with E-state index in [-0.39, 0.29) is 29.5 Å². The van der Waals surface area contributed by atoms with Crippen molar-refractivity contribution in [2.24, 2.45) is 0 Å². The molecule has 0 atom stereocenters. The molecule has 0 amide bonds. The highest BCUT2D eigenvalue weighted by Crippen LogP contribution is 2.34. The van der Waals surface area contributed by atoms with E-state index in [2.05, 4.69) is 0 Å². The minimum atomic E-state index is -0.550. The van der Waals surface area contributed by atoms with E-state index >= 15 is 0 Å². The van der Waals surface area contributed by atoms with Crippen LogP contribution in [0.3, 0.4) is 0 Å². The van der Waals surface area contributed by atoms with Crippen molar-refractivity contribution in [2.45, 2.75) is 13.5 Å². The van der Waals surface area contributed by atoms with Gasteiger partial charge in [-0.1, -0.05) is 12.1 Å². The molecule has 3 rings (SSSR count). The molecule has 3 aromatic rings. The van der Waals surface area contributed by atoms with Crippen LogP contribution in [0, 0.1) is 15.9 Å². The molecule has 0 bridgehead atoms. The average molecular weight is 375 g/mol. The molecule has 0 radical (unpaired) electrons. The number of nitro benzene ring substituents is 1. The Kier molecular flexibility index (Phi) is 5.13. The van der Waals surface area contributed by atoms with E-state index in [4.69, 9.17) is 9.47 Å². The predicted molar refractivity (Wildman–Crippen MR) is 95.2 cm³/mol. The smallest absolute Gasteiger partial charge is 0.348 e. The average Bonchev–Trinajstić information content (AvgIpc) is 3.00. The van der Waals surface area contributed by atoms with Gasteiger partial charge in [0.25, 0.3) is 5.69 Å². The minimum absolute atomic E-state index is 0.115. The van der Waals surface area contributed by atoms with Crippen LogP contribution in [0.15, 0.2) is 42.5 Å². The zero-order valence-corrected chi connectivity index (χ0v) is 14.5. The summed E-state index contributed by atoms with van der Waals surface area (Å²) in [6, 6.07) is 10.2. The Labute approximate surface area is 151 Å². The van der Waals surface area contributed by atoms with Crippen molar-refractivity contribution in [1.29, 1.82) is 0 Å². The van der Waals surface area contributed by atoms with E-state index in [0.29, 0.717) is 15.6 Å². The summed E-state index contributed by atoms with van der Waals surface area (Å²) in [5, 5.41) is 11.2. The van der Waals surface area contributed by atoms with Gasteiger partial charge >= 0.3 is 5.97 Å². The van der Waals surface area contributed by atoms with Crippen molar-refractivity contribution in [3.05, 3.63) is 68.8 Å². The van der Waals surface area contributed by atoms with Crippen LogP contribution >= 0.6 is 11.3 Å². The highest BCUT2D eigenvalue weighted by Gasteiger charge is 2.22. The number of rotatable bonds is 6. The third kappa shape index (κ3) is 3.50. The molecular formula is C18H14FNO5S. The highest BCUT2D eigenvalue weighted by molar-refractivity contribution is 7.21. The van der Waals surface area contributed by atoms with Gasteiger partial charge in [-0.15, -0.1) is 11.3 Å². The lowest BCUT2D eigenvalue weighted by Gasteiger charge is -2.08. The molecule has 0 saturated carbocycles. The standard InChI is InChI=1S/C18H14FNO5S/c1-2-24-18(21)17-13(16-14(19)7-4-8-15(16)26-17)10-25-12-6-3-5-11(9-12)20(22)23/h3-9H,2,10H2,1H3. The zero-order valence-electron chi connectivity index (χ0n) is 13.7. The number of non-ortho nitro benzene ring substituents is 1. The molecule has 0 N–H and O–H groups in total. The van der Waals surface area contributed by atoms with Gasteiger partial charge in [-0.3, -0.25) is 10.1 Å². The van der Waals surface area contributed by atoms with Gasteiger partial charge in [0.1, 0.15) is 23.1 Å². The normalized spacial score (nSPS) is 10.7. The van der Waals surface area contributed by atoms with Crippen molar-refractivity contribution in [2.75, 3.05) is 6.61 Å². The molecule has 0 spiro atoms. The largest absolute Gasteiger partial charge is 0.489 e. The lowest BCUT2D eigenvalue weighted by atomic mass is 10.1. The second-order valence-corrected chi connectivity index (χ2v) is 6.34. The molecule has 26 heavy (non-hydrogen) atoms. The first-order valence-corrected chi connectivity index (χ1v) is 8.57. The summed E-state index contributed by atoms with van der Waals surface area (Å²) in [4.78, 5) is 22.8. The molecular weight excluding hydrogens is 361 g/mol. The van der Waals surface area contributed by atoms with Crippen molar-refractivity contribution in [3.8, 4) is 5.75 Å². The van der Waals surface area contributed by atoms with Gasteiger partial charge < -0.3 is 9.47 Å². The van der Waals surface area contributed by atoms with E-state index < -0.39 is 16.7 Å². The Balaban J connectivity index is 1.98. The first-order valence-electron chi connectivity index (χ1n) is 7.75. The maximum atomic E-state index is 14.3. The molecule has 8 heteroatoms. The van der Waals surface area contributed by atoms with Crippen molar-refractivity contribution in [1.82, 2.24) is 0 Å². The van der Waals surface area contributed by atoms with Crippen molar-refractivity contribution in [3.63, 3.8) is 0 Å². The van der Waals surface area contributed by atoms with Crippen molar-refractivity contribution >= 4 is 33.1 Å². The predicted octanol–water partition coefficient (Wildman–Crippen LogP) is 4.70. The van der Waals surface area contributed by atoms with Gasteiger partial charge in [-0.25, -0.2) is 9.18 Å². The third-order valence-corrected chi connectivity index (χ3v) is 4.81. The lowest BCUT2D eigenvalue weighted by molar-refractivity contribution is -0.384. The first kappa shape index (κ1) is 17.8. The number of benzene rings is 2. The minimum Gasteiger partial charge on any atom is -0.489 e. The van der Waals surface area contributed by atoms with Crippen molar-refractivity contribution < 1.29 is 23.6 Å². The second kappa shape index (κ2) is 7.49. The Morgan fingerprint density at radius 3 is 2.77 bits per heavy atom. The van der Waals surface area contributed by atoms with E-state index in [1.807, 2.05) is 0 Å². The lowest BCUT2D eigenvalue weighted by Crippen LogP contribution is -2.07. The number of carbonyl (C=O) groups excluding carboxylic acids is 1. The van der Waals surface area contributed by atoms with Gasteiger partial charge in [0.2, 0.25) is 0 Å². The number of hydrogen-bond donors (Lipinski definition) is 0. The fourth-order valence-electron chi connectivity index (χ4n) is 2.51. The number of carbonyl (C=O) groups is 1. The first-order chi connectivity index (χ1) is 12.5. The van der Waals surface area contributed by atoms with E-state index in [0.717, 1.165) is 11.3 Å². The van der Waals surface area contributed by atoms with Crippen LogP contribution < -0.4 is 4.74 Å². The van der Waals surface area contributed by atoms with Crippen LogP contribution in [0.5, 0.6) is 5.75 Å². The van der Waals surface area contributed by atoms with Crippen LogP contribution in [0.1, 0.15) is 22.2 Å². The summed E-state index contributed by atoms with van der Waals surface area (Å²) >= 11 is 1.13. The fraction of sp³-hybridized carbons (Fsp3) is 0.167. The molecule has 134 valence electrons. The molecule has 0 saturated heterocycles. The van der Waals surface area contributed by atoms with Crippen LogP contribution in [0.2, 0.25) is 0 Å². The number of nitro groups is 1.